The molecular formula is C57H79N9O9. The predicted molar refractivity (Wildman–Crippen MR) is 286 cm³/mol. The highest BCUT2D eigenvalue weighted by atomic mass is 16.5. The molecule has 6 aliphatic rings. The maximum atomic E-state index is 15.0. The minimum atomic E-state index is -1.17. The van der Waals surface area contributed by atoms with E-state index in [1.165, 1.54) is 21.9 Å². The number of amides is 4. The first-order chi connectivity index (χ1) is 35.7. The molecule has 18 heteroatoms. The lowest BCUT2D eigenvalue weighted by molar-refractivity contribution is -0.156. The molecule has 4 unspecified atom stereocenters. The summed E-state index contributed by atoms with van der Waals surface area (Å²) in [6.45, 7) is 19.6. The number of rotatable bonds is 10. The van der Waals surface area contributed by atoms with Crippen molar-refractivity contribution < 1.29 is 43.3 Å². The highest BCUT2D eigenvalue weighted by Gasteiger charge is 2.53. The van der Waals surface area contributed by atoms with Crippen LogP contribution in [-0.4, -0.2) is 181 Å². The van der Waals surface area contributed by atoms with E-state index in [1.807, 2.05) is 33.8 Å². The van der Waals surface area contributed by atoms with Crippen molar-refractivity contribution in [2.75, 3.05) is 80.7 Å². The molecule has 1 aromatic heterocycles. The quantitative estimate of drug-likeness (QED) is 0.226. The van der Waals surface area contributed by atoms with Crippen LogP contribution in [-0.2, 0) is 52.8 Å². The number of hydrogen-bond donors (Lipinski definition) is 3. The Balaban J connectivity index is 1.12. The zero-order valence-corrected chi connectivity index (χ0v) is 45.9. The number of aromatic hydroxyl groups is 1. The van der Waals surface area contributed by atoms with E-state index in [9.17, 15) is 24.3 Å². The lowest BCUT2D eigenvalue weighted by Gasteiger charge is -2.38. The summed E-state index contributed by atoms with van der Waals surface area (Å²) < 4.78 is 19.7. The summed E-state index contributed by atoms with van der Waals surface area (Å²) in [7, 11) is 6.79. The van der Waals surface area contributed by atoms with Gasteiger partial charge in [-0.2, -0.15) is 0 Å². The molecule has 3 aromatic rings. The van der Waals surface area contributed by atoms with Gasteiger partial charge in [0, 0.05) is 107 Å². The van der Waals surface area contributed by atoms with Crippen molar-refractivity contribution in [3.05, 3.63) is 58.9 Å². The van der Waals surface area contributed by atoms with Crippen LogP contribution in [0.2, 0.25) is 0 Å². The van der Waals surface area contributed by atoms with Crippen LogP contribution in [0, 0.1) is 35.0 Å². The molecule has 4 fully saturated rings. The Labute approximate surface area is 441 Å². The average molecular weight is 1030 g/mol. The Hall–Kier alpha value is -5.82. The number of ether oxygens (including phenoxy) is 3. The summed E-state index contributed by atoms with van der Waals surface area (Å²) in [5, 5.41) is 17.1. The van der Waals surface area contributed by atoms with E-state index < -0.39 is 53.3 Å². The molecule has 0 spiro atoms. The molecule has 0 radical (unpaired) electrons. The molecule has 75 heavy (non-hydrogen) atoms. The standard InChI is InChI=1S/C57H79N9O9/c1-12-65-47-14-13-36-23-42(47)44(51(65)43-25-39(27-58-48(43)34(5)73-10)63-17-15-61(8)16-18-63)26-57(6,7)31-75-55(71)49-41-24-38(41)29-66(60-49)54(70)46(21-35-19-37(36)22-40(67)20-35)59-52(68)50(32(2)3)62(9)53(69)45-30-64(28-33(45)4)56(72)74-11/h13-14,19-20,22-23,27,32-34,38-39,41,45-46,49-50,60,67H,12,15-18,21,24-26,28-31H2,1-11H3,(H,59,68)/t33-,34-,38?,39?,41?,45+,46-,49?,50-/m0/s1. The number of aromatic nitrogens is 1. The number of fused-ring (bicyclic) bond motifs is 8. The van der Waals surface area contributed by atoms with E-state index in [-0.39, 0.29) is 67.0 Å². The molecule has 3 saturated heterocycles. The van der Waals surface area contributed by atoms with Crippen LogP contribution in [0.4, 0.5) is 4.79 Å². The van der Waals surface area contributed by atoms with E-state index in [2.05, 4.69) is 77.3 Å². The number of aryl methyl sites for hydroxylation is 1. The number of likely N-dealkylation sites (tertiary alicyclic amines) is 1. The number of esters is 1. The monoisotopic (exact) mass is 1030 g/mol. The number of cyclic esters (lactones) is 1. The topological polar surface area (TPSA) is 191 Å². The Bertz CT molecular complexity index is 2760. The summed E-state index contributed by atoms with van der Waals surface area (Å²) in [4.78, 5) is 83.9. The summed E-state index contributed by atoms with van der Waals surface area (Å²) in [6, 6.07) is 8.85. The lowest BCUT2D eigenvalue weighted by Crippen LogP contribution is -2.63. The smallest absolute Gasteiger partial charge is 0.409 e. The van der Waals surface area contributed by atoms with Crippen LogP contribution in [0.3, 0.4) is 0 Å². The largest absolute Gasteiger partial charge is 0.508 e. The number of nitrogens with one attached hydrogen (secondary N) is 2. The van der Waals surface area contributed by atoms with Gasteiger partial charge in [-0.25, -0.2) is 10.2 Å². The van der Waals surface area contributed by atoms with Crippen molar-refractivity contribution in [2.45, 2.75) is 111 Å². The van der Waals surface area contributed by atoms with Gasteiger partial charge in [-0.3, -0.25) is 34.1 Å². The Morgan fingerprint density at radius 3 is 2.44 bits per heavy atom. The van der Waals surface area contributed by atoms with E-state index >= 15 is 4.79 Å². The minimum Gasteiger partial charge on any atom is -0.508 e. The van der Waals surface area contributed by atoms with Gasteiger partial charge in [0.25, 0.3) is 5.91 Å². The molecule has 6 heterocycles. The third-order valence-corrected chi connectivity index (χ3v) is 16.9. The zero-order chi connectivity index (χ0) is 53.8. The fraction of sp³-hybridized carbons (Fsp3) is 0.614. The molecule has 6 bridgehead atoms. The van der Waals surface area contributed by atoms with Crippen molar-refractivity contribution in [2.24, 2.45) is 40.0 Å². The molecule has 4 amide bonds. The number of methoxy groups -OCH3 is 2. The van der Waals surface area contributed by atoms with Crippen molar-refractivity contribution in [3.8, 4) is 16.9 Å². The number of benzene rings is 2. The van der Waals surface area contributed by atoms with E-state index in [1.54, 1.807) is 26.3 Å². The molecule has 3 N–H and O–H groups in total. The van der Waals surface area contributed by atoms with Gasteiger partial charge in [0.05, 0.1) is 37.1 Å². The number of likely N-dealkylation sites (N-methyl/N-ethyl adjacent to an activating group) is 2. The number of phenolic OH excluding ortho intramolecular Hbond substituents is 1. The SMILES string of the molecule is CCn1c(C2=C([C@H](C)OC)N=CC(N3CCN(C)CC3)C2)c2c3cc(ccc31)-c1cc(O)cc(c1)C[C@H](NC(=O)[C@H](C(C)C)N(C)C(=O)[C@@H]1CN(C(=O)OC)C[C@@H]1C)C(=O)N1CC3CC3C(N1)C(=O)OCC(C)(C)C2. The number of aliphatic imine (C=N–C) groups is 1. The van der Waals surface area contributed by atoms with E-state index in [0.29, 0.717) is 31.6 Å². The molecule has 2 aromatic carbocycles. The highest BCUT2D eigenvalue weighted by Crippen LogP contribution is 2.46. The molecule has 9 atom stereocenters. The van der Waals surface area contributed by atoms with Crippen LogP contribution < -0.4 is 10.7 Å². The third-order valence-electron chi connectivity index (χ3n) is 16.9. The van der Waals surface area contributed by atoms with Gasteiger partial charge in [0.1, 0.15) is 23.9 Å². The Morgan fingerprint density at radius 1 is 1.00 bits per heavy atom. The number of hydrogen-bond acceptors (Lipinski definition) is 13. The fourth-order valence-electron chi connectivity index (χ4n) is 12.6. The number of hydrazine groups is 1. The molecule has 5 aliphatic heterocycles. The second kappa shape index (κ2) is 21.7. The Morgan fingerprint density at radius 2 is 1.75 bits per heavy atom. The van der Waals surface area contributed by atoms with Gasteiger partial charge >= 0.3 is 12.1 Å². The van der Waals surface area contributed by atoms with E-state index in [4.69, 9.17) is 19.2 Å². The molecule has 1 aliphatic carbocycles. The van der Waals surface area contributed by atoms with Crippen LogP contribution in [0.15, 0.2) is 47.1 Å². The first kappa shape index (κ1) is 54.0. The van der Waals surface area contributed by atoms with E-state index in [0.717, 1.165) is 83.6 Å². The maximum absolute atomic E-state index is 15.0. The van der Waals surface area contributed by atoms with Crippen molar-refractivity contribution >= 4 is 52.5 Å². The molecule has 1 saturated carbocycles. The van der Waals surface area contributed by atoms with Gasteiger partial charge in [0.15, 0.2) is 0 Å². The highest BCUT2D eigenvalue weighted by molar-refractivity contribution is 5.96. The van der Waals surface area contributed by atoms with Crippen LogP contribution in [0.25, 0.3) is 27.6 Å². The van der Waals surface area contributed by atoms with Crippen LogP contribution in [0.5, 0.6) is 5.75 Å². The molecular weight excluding hydrogens is 955 g/mol. The first-order valence-corrected chi connectivity index (χ1v) is 27.1. The summed E-state index contributed by atoms with van der Waals surface area (Å²) in [5.41, 5.74) is 10.2. The number of phenols is 1. The van der Waals surface area contributed by atoms with Gasteiger partial charge in [-0.05, 0) is 110 Å². The second-order valence-electron chi connectivity index (χ2n) is 23.3. The van der Waals surface area contributed by atoms with Crippen molar-refractivity contribution in [3.63, 3.8) is 0 Å². The minimum absolute atomic E-state index is 0.00198. The number of nitrogens with zero attached hydrogens (tertiary/aromatic N) is 7. The molecule has 9 rings (SSSR count). The second-order valence-corrected chi connectivity index (χ2v) is 23.3. The van der Waals surface area contributed by atoms with Crippen LogP contribution in [0.1, 0.15) is 78.1 Å². The summed E-state index contributed by atoms with van der Waals surface area (Å²) in [5.74, 6) is -2.77. The average Bonchev–Trinajstić information content (AvgIpc) is 3.99. The van der Waals surface area contributed by atoms with Gasteiger partial charge < -0.3 is 43.9 Å². The van der Waals surface area contributed by atoms with Crippen LogP contribution >= 0.6 is 0 Å². The third kappa shape index (κ3) is 10.9. The Kier molecular flexibility index (Phi) is 15.6. The number of carbonyl (C=O) groups is 5. The van der Waals surface area contributed by atoms with Gasteiger partial charge in [-0.15, -0.1) is 0 Å². The predicted octanol–water partition coefficient (Wildman–Crippen LogP) is 5.19. The van der Waals surface area contributed by atoms with Gasteiger partial charge in [0.2, 0.25) is 11.8 Å². The zero-order valence-electron chi connectivity index (χ0n) is 45.9. The lowest BCUT2D eigenvalue weighted by atomic mass is 9.83. The molecule has 406 valence electrons. The van der Waals surface area contributed by atoms with Crippen molar-refractivity contribution in [1.29, 1.82) is 0 Å². The van der Waals surface area contributed by atoms with Crippen molar-refractivity contribution in [1.82, 2.24) is 39.9 Å². The molecule has 18 nitrogen and oxygen atoms in total. The normalized spacial score (nSPS) is 27.2. The number of carbonyl (C=O) groups excluding carboxylic acids is 5. The van der Waals surface area contributed by atoms with Gasteiger partial charge in [-0.1, -0.05) is 46.8 Å². The summed E-state index contributed by atoms with van der Waals surface area (Å²) >= 11 is 0. The summed E-state index contributed by atoms with van der Waals surface area (Å²) in [6.07, 6.45) is 3.36. The first-order valence-electron chi connectivity index (χ1n) is 27.1. The maximum Gasteiger partial charge on any atom is 0.409 e. The number of piperazine rings is 1. The fourth-order valence-corrected chi connectivity index (χ4v) is 12.6.